The van der Waals surface area contributed by atoms with Crippen LogP contribution in [0.3, 0.4) is 0 Å². The van der Waals surface area contributed by atoms with Crippen LogP contribution in [0.15, 0.2) is 59.5 Å². The third-order valence-electron chi connectivity index (χ3n) is 5.79. The number of hydrogen-bond acceptors (Lipinski definition) is 4. The number of nitrogens with zero attached hydrogens (tertiary/aromatic N) is 5. The molecular formula is C25H24BrN5O. The Morgan fingerprint density at radius 1 is 1.16 bits per heavy atom. The van der Waals surface area contributed by atoms with Crippen LogP contribution in [0.1, 0.15) is 47.2 Å². The average Bonchev–Trinajstić information content (AvgIpc) is 3.43. The van der Waals surface area contributed by atoms with Gasteiger partial charge in [0, 0.05) is 23.1 Å². The van der Waals surface area contributed by atoms with Gasteiger partial charge in [-0.25, -0.2) is 14.6 Å². The lowest BCUT2D eigenvalue weighted by atomic mass is 9.91. The van der Waals surface area contributed by atoms with Gasteiger partial charge in [0.05, 0.1) is 24.8 Å². The van der Waals surface area contributed by atoms with Crippen LogP contribution in [0.2, 0.25) is 0 Å². The van der Waals surface area contributed by atoms with Crippen molar-refractivity contribution < 1.29 is 4.74 Å². The lowest BCUT2D eigenvalue weighted by molar-refractivity contribution is 0.413. The summed E-state index contributed by atoms with van der Waals surface area (Å²) in [6.45, 7) is 2.88. The zero-order chi connectivity index (χ0) is 22.1. The summed E-state index contributed by atoms with van der Waals surface area (Å²) < 4.78 is 10.8. The Labute approximate surface area is 195 Å². The Balaban J connectivity index is 1.42. The highest BCUT2D eigenvalue weighted by molar-refractivity contribution is 9.10. The molecule has 0 bridgehead atoms. The SMILES string of the molecule is COc1cc(/C=C/c2nc3n(n2)CCC[C@H]3c2ccccc2Br)ccc1-n1cnc(C)c1. The molecule has 162 valence electrons. The van der Waals surface area contributed by atoms with E-state index < -0.39 is 0 Å². The summed E-state index contributed by atoms with van der Waals surface area (Å²) in [6.07, 6.45) is 9.95. The smallest absolute Gasteiger partial charge is 0.174 e. The van der Waals surface area contributed by atoms with Gasteiger partial charge < -0.3 is 9.30 Å². The zero-order valence-corrected chi connectivity index (χ0v) is 19.7. The van der Waals surface area contributed by atoms with Gasteiger partial charge in [0.1, 0.15) is 11.6 Å². The topological polar surface area (TPSA) is 57.8 Å². The number of hydrogen-bond donors (Lipinski definition) is 0. The van der Waals surface area contributed by atoms with Gasteiger partial charge in [0.2, 0.25) is 0 Å². The summed E-state index contributed by atoms with van der Waals surface area (Å²) in [7, 11) is 1.68. The molecular weight excluding hydrogens is 466 g/mol. The number of ether oxygens (including phenoxy) is 1. The van der Waals surface area contributed by atoms with E-state index in [-0.39, 0.29) is 5.92 Å². The molecule has 3 heterocycles. The summed E-state index contributed by atoms with van der Waals surface area (Å²) in [4.78, 5) is 9.18. The van der Waals surface area contributed by atoms with Crippen molar-refractivity contribution in [3.05, 3.63) is 87.9 Å². The maximum Gasteiger partial charge on any atom is 0.174 e. The summed E-state index contributed by atoms with van der Waals surface area (Å²) in [5.41, 5.74) is 4.22. The maximum atomic E-state index is 5.62. The highest BCUT2D eigenvalue weighted by atomic mass is 79.9. The van der Waals surface area contributed by atoms with Crippen LogP contribution in [0.5, 0.6) is 5.75 Å². The molecule has 1 aliphatic heterocycles. The molecule has 0 saturated carbocycles. The van der Waals surface area contributed by atoms with Crippen molar-refractivity contribution in [3.63, 3.8) is 0 Å². The molecule has 1 atom stereocenters. The summed E-state index contributed by atoms with van der Waals surface area (Å²) in [5.74, 6) is 2.81. The molecule has 7 heteroatoms. The number of aromatic nitrogens is 5. The predicted octanol–water partition coefficient (Wildman–Crippen LogP) is 5.64. The number of benzene rings is 2. The fourth-order valence-electron chi connectivity index (χ4n) is 4.23. The van der Waals surface area contributed by atoms with Crippen LogP contribution in [0.25, 0.3) is 17.8 Å². The number of rotatable bonds is 5. The van der Waals surface area contributed by atoms with Crippen molar-refractivity contribution >= 4 is 28.1 Å². The van der Waals surface area contributed by atoms with Crippen LogP contribution in [0, 0.1) is 6.92 Å². The van der Waals surface area contributed by atoms with E-state index in [4.69, 9.17) is 14.8 Å². The van der Waals surface area contributed by atoms with Crippen molar-refractivity contribution in [2.75, 3.05) is 7.11 Å². The standard InChI is InChI=1S/C25H24BrN5O/c1-17-15-30(16-27-17)22-11-9-18(14-23(22)32-2)10-12-24-28-25-20(7-5-13-31(25)29-24)19-6-3-4-8-21(19)26/h3-4,6,8-12,14-16,20H,5,7,13H2,1-2H3/b12-10+/t20-/m0/s1. The van der Waals surface area contributed by atoms with E-state index in [1.54, 1.807) is 13.4 Å². The normalized spacial score (nSPS) is 15.8. The van der Waals surface area contributed by atoms with Crippen molar-refractivity contribution in [2.45, 2.75) is 32.2 Å². The van der Waals surface area contributed by atoms with Gasteiger partial charge in [-0.3, -0.25) is 0 Å². The first-order chi connectivity index (χ1) is 15.6. The minimum atomic E-state index is 0.256. The predicted molar refractivity (Wildman–Crippen MR) is 129 cm³/mol. The van der Waals surface area contributed by atoms with Crippen molar-refractivity contribution in [3.8, 4) is 11.4 Å². The van der Waals surface area contributed by atoms with Gasteiger partial charge in [-0.05, 0) is 55.2 Å². The Bertz CT molecular complexity index is 1290. The molecule has 2 aromatic carbocycles. The summed E-state index contributed by atoms with van der Waals surface area (Å²) >= 11 is 3.70. The number of imidazole rings is 1. The minimum absolute atomic E-state index is 0.256. The average molecular weight is 490 g/mol. The molecule has 1 aliphatic rings. The van der Waals surface area contributed by atoms with Crippen LogP contribution in [-0.2, 0) is 6.54 Å². The van der Waals surface area contributed by atoms with Crippen molar-refractivity contribution in [2.24, 2.45) is 0 Å². The van der Waals surface area contributed by atoms with Gasteiger partial charge in [-0.15, -0.1) is 0 Å². The van der Waals surface area contributed by atoms with Crippen LogP contribution >= 0.6 is 15.9 Å². The Kier molecular flexibility index (Phi) is 5.66. The number of aryl methyl sites for hydroxylation is 2. The third-order valence-corrected chi connectivity index (χ3v) is 6.51. The van der Waals surface area contributed by atoms with Crippen LogP contribution in [-0.4, -0.2) is 31.4 Å². The highest BCUT2D eigenvalue weighted by Gasteiger charge is 2.26. The monoisotopic (exact) mass is 489 g/mol. The summed E-state index contributed by atoms with van der Waals surface area (Å²) in [5, 5.41) is 4.74. The quantitative estimate of drug-likeness (QED) is 0.364. The molecule has 0 N–H and O–H groups in total. The molecule has 0 fully saturated rings. The molecule has 5 rings (SSSR count). The second-order valence-corrected chi connectivity index (χ2v) is 8.81. The molecule has 0 aliphatic carbocycles. The molecule has 0 amide bonds. The Hall–Kier alpha value is -3.19. The third kappa shape index (κ3) is 4.00. The van der Waals surface area contributed by atoms with E-state index >= 15 is 0 Å². The Morgan fingerprint density at radius 2 is 2.03 bits per heavy atom. The molecule has 0 radical (unpaired) electrons. The van der Waals surface area contributed by atoms with Gasteiger partial charge in [-0.2, -0.15) is 5.10 Å². The van der Waals surface area contributed by atoms with Crippen molar-refractivity contribution in [1.82, 2.24) is 24.3 Å². The van der Waals surface area contributed by atoms with E-state index in [1.807, 2.05) is 48.0 Å². The van der Waals surface area contributed by atoms with E-state index in [9.17, 15) is 0 Å². The van der Waals surface area contributed by atoms with Gasteiger partial charge in [-0.1, -0.05) is 46.3 Å². The summed E-state index contributed by atoms with van der Waals surface area (Å²) in [6, 6.07) is 14.5. The van der Waals surface area contributed by atoms with Crippen molar-refractivity contribution in [1.29, 1.82) is 0 Å². The van der Waals surface area contributed by atoms with E-state index in [0.29, 0.717) is 0 Å². The molecule has 32 heavy (non-hydrogen) atoms. The van der Waals surface area contributed by atoms with Gasteiger partial charge in [0.15, 0.2) is 5.82 Å². The number of fused-ring (bicyclic) bond motifs is 1. The number of halogens is 1. The van der Waals surface area contributed by atoms with Crippen LogP contribution < -0.4 is 4.74 Å². The molecule has 6 nitrogen and oxygen atoms in total. The first-order valence-corrected chi connectivity index (χ1v) is 11.5. The molecule has 4 aromatic rings. The molecule has 0 saturated heterocycles. The van der Waals surface area contributed by atoms with Gasteiger partial charge in [0.25, 0.3) is 0 Å². The van der Waals surface area contributed by atoms with Crippen LogP contribution in [0.4, 0.5) is 0 Å². The minimum Gasteiger partial charge on any atom is -0.495 e. The zero-order valence-electron chi connectivity index (χ0n) is 18.1. The lowest BCUT2D eigenvalue weighted by Gasteiger charge is -2.23. The first-order valence-electron chi connectivity index (χ1n) is 10.7. The van der Waals surface area contributed by atoms with E-state index in [0.717, 1.165) is 58.2 Å². The van der Waals surface area contributed by atoms with E-state index in [1.165, 1.54) is 5.56 Å². The highest BCUT2D eigenvalue weighted by Crippen LogP contribution is 2.36. The Morgan fingerprint density at radius 3 is 2.81 bits per heavy atom. The fraction of sp³-hybridized carbons (Fsp3) is 0.240. The van der Waals surface area contributed by atoms with E-state index in [2.05, 4.69) is 49.9 Å². The first kappa shape index (κ1) is 20.7. The molecule has 0 unspecified atom stereocenters. The largest absolute Gasteiger partial charge is 0.495 e. The number of methoxy groups -OCH3 is 1. The molecule has 0 spiro atoms. The molecule has 2 aromatic heterocycles. The lowest BCUT2D eigenvalue weighted by Crippen LogP contribution is -2.18. The maximum absolute atomic E-state index is 5.62. The fourth-order valence-corrected chi connectivity index (χ4v) is 4.79. The second-order valence-electron chi connectivity index (χ2n) is 7.95. The second kappa shape index (κ2) is 8.74. The van der Waals surface area contributed by atoms with Gasteiger partial charge >= 0.3 is 0 Å².